The van der Waals surface area contributed by atoms with Gasteiger partial charge >= 0.3 is 6.09 Å². The van der Waals surface area contributed by atoms with Crippen LogP contribution in [0.3, 0.4) is 0 Å². The number of rotatable bonds is 6. The predicted molar refractivity (Wildman–Crippen MR) is 91.3 cm³/mol. The number of carbonyl (C=O) groups is 1. The Morgan fingerprint density at radius 1 is 1.21 bits per heavy atom. The lowest BCUT2D eigenvalue weighted by Gasteiger charge is -2.05. The van der Waals surface area contributed by atoms with Crippen LogP contribution in [-0.2, 0) is 11.3 Å². The predicted octanol–water partition coefficient (Wildman–Crippen LogP) is 3.06. The molecule has 24 heavy (non-hydrogen) atoms. The zero-order valence-corrected chi connectivity index (χ0v) is 13.1. The first-order chi connectivity index (χ1) is 11.8. The lowest BCUT2D eigenvalue weighted by molar-refractivity contribution is 0.140. The summed E-state index contributed by atoms with van der Waals surface area (Å²) in [6.45, 7) is 0.782. The van der Waals surface area contributed by atoms with E-state index in [9.17, 15) is 4.79 Å². The zero-order chi connectivity index (χ0) is 16.6. The fourth-order valence-corrected chi connectivity index (χ4v) is 2.20. The number of nitrogens with zero attached hydrogens (tertiary/aromatic N) is 3. The van der Waals surface area contributed by atoms with Crippen molar-refractivity contribution in [2.45, 2.75) is 13.0 Å². The maximum absolute atomic E-state index is 11.6. The van der Waals surface area contributed by atoms with Gasteiger partial charge in [0.25, 0.3) is 0 Å². The number of hydrogen-bond donors (Lipinski definition) is 1. The fraction of sp³-hybridized carbons (Fsp3) is 0.167. The van der Waals surface area contributed by atoms with Crippen LogP contribution in [0.15, 0.2) is 60.9 Å². The molecule has 3 aromatic rings. The van der Waals surface area contributed by atoms with Crippen molar-refractivity contribution < 1.29 is 9.53 Å². The molecule has 1 aromatic carbocycles. The van der Waals surface area contributed by atoms with Crippen molar-refractivity contribution in [1.82, 2.24) is 19.9 Å². The Morgan fingerprint density at radius 2 is 2.08 bits per heavy atom. The third-order valence-corrected chi connectivity index (χ3v) is 3.39. The summed E-state index contributed by atoms with van der Waals surface area (Å²) in [7, 11) is 0. The summed E-state index contributed by atoms with van der Waals surface area (Å²) in [5.41, 5.74) is 2.67. The molecular formula is C18H18N4O2. The Hall–Kier alpha value is -3.15. The molecule has 1 N–H and O–H groups in total. The van der Waals surface area contributed by atoms with Crippen molar-refractivity contribution in [3.05, 3.63) is 72.2 Å². The van der Waals surface area contributed by atoms with E-state index in [1.165, 1.54) is 0 Å². The average Bonchev–Trinajstić information content (AvgIpc) is 3.04. The molecule has 0 aliphatic carbocycles. The molecular weight excluding hydrogens is 304 g/mol. The quantitative estimate of drug-likeness (QED) is 0.708. The van der Waals surface area contributed by atoms with E-state index in [1.807, 2.05) is 54.6 Å². The SMILES string of the molecule is O=C(NCCC=Cc1cnc2cccnn12)OCc1ccccc1. The standard InChI is InChI=1S/C18H18N4O2/c23-18(24-14-15-7-2-1-3-8-15)19-11-5-4-9-16-13-20-17-10-6-12-21-22(16)17/h1-4,6-10,12-13H,5,11,14H2,(H,19,23). The van der Waals surface area contributed by atoms with Gasteiger partial charge in [-0.3, -0.25) is 0 Å². The second-order valence-corrected chi connectivity index (χ2v) is 5.16. The molecule has 6 heteroatoms. The van der Waals surface area contributed by atoms with Crippen molar-refractivity contribution in [2.24, 2.45) is 0 Å². The largest absolute Gasteiger partial charge is 0.445 e. The minimum Gasteiger partial charge on any atom is -0.445 e. The van der Waals surface area contributed by atoms with Gasteiger partial charge in [0, 0.05) is 12.7 Å². The highest BCUT2D eigenvalue weighted by molar-refractivity contribution is 5.67. The molecule has 0 saturated heterocycles. The summed E-state index contributed by atoms with van der Waals surface area (Å²) < 4.78 is 6.90. The minimum atomic E-state index is -0.413. The van der Waals surface area contributed by atoms with Crippen LogP contribution in [0.25, 0.3) is 11.7 Å². The van der Waals surface area contributed by atoms with E-state index in [0.717, 1.165) is 16.9 Å². The lowest BCUT2D eigenvalue weighted by Crippen LogP contribution is -2.24. The molecule has 1 amide bonds. The summed E-state index contributed by atoms with van der Waals surface area (Å²) in [6.07, 6.45) is 7.67. The molecule has 122 valence electrons. The Labute approximate surface area is 139 Å². The molecule has 0 radical (unpaired) electrons. The van der Waals surface area contributed by atoms with Crippen LogP contribution in [-0.4, -0.2) is 27.2 Å². The number of aromatic nitrogens is 3. The number of fused-ring (bicyclic) bond motifs is 1. The Balaban J connectivity index is 1.39. The molecule has 2 aromatic heterocycles. The topological polar surface area (TPSA) is 68.5 Å². The Morgan fingerprint density at radius 3 is 2.96 bits per heavy atom. The van der Waals surface area contributed by atoms with Gasteiger partial charge in [0.1, 0.15) is 6.61 Å². The highest BCUT2D eigenvalue weighted by atomic mass is 16.5. The van der Waals surface area contributed by atoms with Gasteiger partial charge in [-0.25, -0.2) is 14.3 Å². The van der Waals surface area contributed by atoms with Crippen molar-refractivity contribution >= 4 is 17.8 Å². The van der Waals surface area contributed by atoms with E-state index in [1.54, 1.807) is 16.9 Å². The molecule has 0 bridgehead atoms. The fourth-order valence-electron chi connectivity index (χ4n) is 2.20. The van der Waals surface area contributed by atoms with Crippen molar-refractivity contribution in [3.63, 3.8) is 0 Å². The first kappa shape index (κ1) is 15.7. The van der Waals surface area contributed by atoms with Crippen LogP contribution < -0.4 is 5.32 Å². The van der Waals surface area contributed by atoms with Crippen molar-refractivity contribution in [1.29, 1.82) is 0 Å². The number of imidazole rings is 1. The van der Waals surface area contributed by atoms with E-state index in [-0.39, 0.29) is 6.61 Å². The van der Waals surface area contributed by atoms with Gasteiger partial charge in [0.15, 0.2) is 5.65 Å². The lowest BCUT2D eigenvalue weighted by atomic mass is 10.2. The number of carbonyl (C=O) groups excluding carboxylic acids is 1. The van der Waals surface area contributed by atoms with Crippen LogP contribution >= 0.6 is 0 Å². The van der Waals surface area contributed by atoms with Crippen LogP contribution in [0.4, 0.5) is 4.79 Å². The zero-order valence-electron chi connectivity index (χ0n) is 13.1. The number of alkyl carbamates (subject to hydrolysis) is 1. The van der Waals surface area contributed by atoms with Gasteiger partial charge in [-0.05, 0) is 30.2 Å². The summed E-state index contributed by atoms with van der Waals surface area (Å²) in [6, 6.07) is 13.3. The highest BCUT2D eigenvalue weighted by Gasteiger charge is 2.01. The maximum Gasteiger partial charge on any atom is 0.407 e. The molecule has 2 heterocycles. The normalized spacial score (nSPS) is 11.0. The van der Waals surface area contributed by atoms with Crippen LogP contribution in [0.2, 0.25) is 0 Å². The van der Waals surface area contributed by atoms with Gasteiger partial charge in [-0.15, -0.1) is 0 Å². The second-order valence-electron chi connectivity index (χ2n) is 5.16. The monoisotopic (exact) mass is 322 g/mol. The molecule has 0 atom stereocenters. The van der Waals surface area contributed by atoms with E-state index >= 15 is 0 Å². The third-order valence-electron chi connectivity index (χ3n) is 3.39. The van der Waals surface area contributed by atoms with Crippen LogP contribution in [0.5, 0.6) is 0 Å². The van der Waals surface area contributed by atoms with Crippen molar-refractivity contribution in [3.8, 4) is 0 Å². The maximum atomic E-state index is 11.6. The van der Waals surface area contributed by atoms with Gasteiger partial charge in [-0.1, -0.05) is 36.4 Å². The van der Waals surface area contributed by atoms with Gasteiger partial charge in [-0.2, -0.15) is 5.10 Å². The minimum absolute atomic E-state index is 0.274. The van der Waals surface area contributed by atoms with E-state index in [4.69, 9.17) is 4.74 Å². The molecule has 0 unspecified atom stereocenters. The van der Waals surface area contributed by atoms with Crippen molar-refractivity contribution in [2.75, 3.05) is 6.54 Å². The number of benzene rings is 1. The summed E-state index contributed by atoms with van der Waals surface area (Å²) >= 11 is 0. The number of nitrogens with one attached hydrogen (secondary N) is 1. The average molecular weight is 322 g/mol. The first-order valence-electron chi connectivity index (χ1n) is 7.73. The molecule has 0 aliphatic heterocycles. The van der Waals surface area contributed by atoms with Gasteiger partial charge in [0.2, 0.25) is 0 Å². The Kier molecular flexibility index (Phi) is 5.19. The van der Waals surface area contributed by atoms with E-state index in [2.05, 4.69) is 15.4 Å². The number of amides is 1. The third kappa shape index (κ3) is 4.19. The second kappa shape index (κ2) is 7.92. The van der Waals surface area contributed by atoms with E-state index < -0.39 is 6.09 Å². The number of ether oxygens (including phenoxy) is 1. The summed E-state index contributed by atoms with van der Waals surface area (Å²) in [5.74, 6) is 0. The molecule has 0 saturated carbocycles. The molecule has 0 fully saturated rings. The summed E-state index contributed by atoms with van der Waals surface area (Å²) in [5, 5.41) is 6.95. The highest BCUT2D eigenvalue weighted by Crippen LogP contribution is 2.06. The Bertz CT molecular complexity index is 827. The van der Waals surface area contributed by atoms with Gasteiger partial charge in [0.05, 0.1) is 11.9 Å². The van der Waals surface area contributed by atoms with Crippen LogP contribution in [0.1, 0.15) is 17.7 Å². The molecule has 6 nitrogen and oxygen atoms in total. The smallest absolute Gasteiger partial charge is 0.407 e. The van der Waals surface area contributed by atoms with E-state index in [0.29, 0.717) is 13.0 Å². The molecule has 0 spiro atoms. The summed E-state index contributed by atoms with van der Waals surface area (Å²) in [4.78, 5) is 15.9. The number of hydrogen-bond acceptors (Lipinski definition) is 4. The molecule has 0 aliphatic rings. The van der Waals surface area contributed by atoms with Gasteiger partial charge < -0.3 is 10.1 Å². The van der Waals surface area contributed by atoms with Crippen LogP contribution in [0, 0.1) is 0 Å². The first-order valence-corrected chi connectivity index (χ1v) is 7.73. The molecule has 3 rings (SSSR count).